The zero-order valence-electron chi connectivity index (χ0n) is 8.88. The molecule has 0 spiro atoms. The molecule has 15 heavy (non-hydrogen) atoms. The van der Waals surface area contributed by atoms with E-state index in [1.165, 1.54) is 0 Å². The van der Waals surface area contributed by atoms with Crippen molar-refractivity contribution in [2.45, 2.75) is 13.8 Å². The van der Waals surface area contributed by atoms with E-state index in [4.69, 9.17) is 0 Å². The van der Waals surface area contributed by atoms with Gasteiger partial charge in [0.1, 0.15) is 5.78 Å². The van der Waals surface area contributed by atoms with Gasteiger partial charge in [-0.3, -0.25) is 0 Å². The standard InChI is InChI=1S/C8H9O.C5H5.Ru/c1-6-4-3-5-8(6)7(2)9;1-2-4-5-3-1;/h3-5H,1-2H3;1-5H;/q2*-1;+2. The summed E-state index contributed by atoms with van der Waals surface area (Å²) in [6.45, 7) is 3.53. The Hall–Kier alpha value is -1.01. The summed E-state index contributed by atoms with van der Waals surface area (Å²) in [4.78, 5) is 10.7. The third-order valence-electron chi connectivity index (χ3n) is 1.97. The molecule has 0 saturated carbocycles. The number of Topliss-reactive ketones (excluding diaryl/α,β-unsaturated/α-hetero) is 1. The van der Waals surface area contributed by atoms with Crippen molar-refractivity contribution in [3.63, 3.8) is 0 Å². The quantitative estimate of drug-likeness (QED) is 0.447. The van der Waals surface area contributed by atoms with E-state index in [9.17, 15) is 4.79 Å². The third-order valence-corrected chi connectivity index (χ3v) is 1.97. The molecule has 0 fully saturated rings. The number of carbonyl (C=O) groups is 1. The van der Waals surface area contributed by atoms with Gasteiger partial charge in [0, 0.05) is 0 Å². The molecule has 0 radical (unpaired) electrons. The maximum atomic E-state index is 10.7. The zero-order valence-corrected chi connectivity index (χ0v) is 10.6. The average Bonchev–Trinajstić information content (AvgIpc) is 2.74. The minimum atomic E-state index is 0. The Morgan fingerprint density at radius 1 is 1.27 bits per heavy atom. The van der Waals surface area contributed by atoms with E-state index in [-0.39, 0.29) is 25.3 Å². The Balaban J connectivity index is 0.000000280. The summed E-state index contributed by atoms with van der Waals surface area (Å²) >= 11 is 0. The molecule has 2 aromatic rings. The topological polar surface area (TPSA) is 17.1 Å². The number of ketones is 1. The summed E-state index contributed by atoms with van der Waals surface area (Å²) in [5, 5.41) is 0. The van der Waals surface area contributed by atoms with Crippen molar-refractivity contribution in [1.29, 1.82) is 0 Å². The maximum absolute atomic E-state index is 10.7. The van der Waals surface area contributed by atoms with Gasteiger partial charge in [-0.25, -0.2) is 24.3 Å². The van der Waals surface area contributed by atoms with E-state index in [1.807, 2.05) is 55.5 Å². The van der Waals surface area contributed by atoms with Crippen molar-refractivity contribution in [3.05, 3.63) is 59.7 Å². The van der Waals surface area contributed by atoms with Crippen LogP contribution in [0.25, 0.3) is 0 Å². The molecule has 0 amide bonds. The summed E-state index contributed by atoms with van der Waals surface area (Å²) in [5.74, 6) is 0.150. The van der Waals surface area contributed by atoms with Crippen LogP contribution < -0.4 is 0 Å². The van der Waals surface area contributed by atoms with E-state index in [0.717, 1.165) is 11.1 Å². The van der Waals surface area contributed by atoms with Crippen LogP contribution in [0.3, 0.4) is 0 Å². The number of hydrogen-bond donors (Lipinski definition) is 0. The molecule has 0 aliphatic carbocycles. The van der Waals surface area contributed by atoms with Gasteiger partial charge in [0.15, 0.2) is 0 Å². The summed E-state index contributed by atoms with van der Waals surface area (Å²) < 4.78 is 0. The van der Waals surface area contributed by atoms with Crippen LogP contribution in [-0.4, -0.2) is 5.78 Å². The van der Waals surface area contributed by atoms with Crippen LogP contribution in [0.2, 0.25) is 0 Å². The van der Waals surface area contributed by atoms with Crippen LogP contribution in [0.4, 0.5) is 0 Å². The van der Waals surface area contributed by atoms with Crippen LogP contribution >= 0.6 is 0 Å². The van der Waals surface area contributed by atoms with E-state index in [2.05, 4.69) is 0 Å². The number of rotatable bonds is 1. The second-order valence-corrected chi connectivity index (χ2v) is 3.14. The maximum Gasteiger partial charge on any atom is 2.00 e. The van der Waals surface area contributed by atoms with Crippen molar-refractivity contribution >= 4 is 5.78 Å². The van der Waals surface area contributed by atoms with Crippen LogP contribution in [-0.2, 0) is 19.5 Å². The zero-order chi connectivity index (χ0) is 10.4. The van der Waals surface area contributed by atoms with Gasteiger partial charge in [-0.1, -0.05) is 12.5 Å². The third kappa shape index (κ3) is 4.85. The summed E-state index contributed by atoms with van der Waals surface area (Å²) in [5.41, 5.74) is 1.91. The predicted molar refractivity (Wildman–Crippen MR) is 58.8 cm³/mol. The summed E-state index contributed by atoms with van der Waals surface area (Å²) in [7, 11) is 0. The van der Waals surface area contributed by atoms with Crippen LogP contribution in [0.15, 0.2) is 48.5 Å². The summed E-state index contributed by atoms with van der Waals surface area (Å²) in [6, 6.07) is 15.7. The van der Waals surface area contributed by atoms with Gasteiger partial charge >= 0.3 is 19.5 Å². The number of carbonyl (C=O) groups excluding carboxylic acids is 1. The average molecular weight is 287 g/mol. The second-order valence-electron chi connectivity index (χ2n) is 3.14. The van der Waals surface area contributed by atoms with Gasteiger partial charge in [0.25, 0.3) is 0 Å². The van der Waals surface area contributed by atoms with Gasteiger partial charge in [0.05, 0.1) is 0 Å². The van der Waals surface area contributed by atoms with E-state index in [0.29, 0.717) is 0 Å². The van der Waals surface area contributed by atoms with Crippen molar-refractivity contribution in [1.82, 2.24) is 0 Å². The minimum absolute atomic E-state index is 0. The molecule has 0 bridgehead atoms. The molecule has 0 saturated heterocycles. The predicted octanol–water partition coefficient (Wildman–Crippen LogP) is 3.32. The Bertz CT molecular complexity index is 354. The van der Waals surface area contributed by atoms with Crippen LogP contribution in [0.1, 0.15) is 22.8 Å². The van der Waals surface area contributed by atoms with Crippen LogP contribution in [0.5, 0.6) is 0 Å². The van der Waals surface area contributed by atoms with E-state index >= 15 is 0 Å². The molecule has 0 unspecified atom stereocenters. The SMILES string of the molecule is CC(=O)[c-]1cccc1C.[Ru+2].c1cc[cH-]c1. The molecule has 2 aromatic carbocycles. The number of aryl methyl sites for hydroxylation is 1. The molecule has 0 aromatic heterocycles. The normalized spacial score (nSPS) is 8.40. The fraction of sp³-hybridized carbons (Fsp3) is 0.154. The molecule has 0 atom stereocenters. The first-order chi connectivity index (χ1) is 6.72. The molecular weight excluding hydrogens is 273 g/mol. The smallest absolute Gasteiger partial charge is 0.309 e. The van der Waals surface area contributed by atoms with E-state index < -0.39 is 0 Å². The monoisotopic (exact) mass is 288 g/mol. The van der Waals surface area contributed by atoms with Crippen molar-refractivity contribution in [2.75, 3.05) is 0 Å². The fourth-order valence-electron chi connectivity index (χ4n) is 1.23. The Morgan fingerprint density at radius 2 is 1.87 bits per heavy atom. The molecule has 0 aliphatic heterocycles. The Kier molecular flexibility index (Phi) is 6.82. The van der Waals surface area contributed by atoms with Crippen molar-refractivity contribution in [2.24, 2.45) is 0 Å². The Morgan fingerprint density at radius 3 is 2.07 bits per heavy atom. The van der Waals surface area contributed by atoms with E-state index in [1.54, 1.807) is 6.92 Å². The molecular formula is C13H14ORu. The van der Waals surface area contributed by atoms with Gasteiger partial charge in [-0.15, -0.1) is 0 Å². The molecule has 80 valence electrons. The molecule has 2 rings (SSSR count). The first-order valence-electron chi connectivity index (χ1n) is 4.61. The minimum Gasteiger partial charge on any atom is -0.309 e. The largest absolute Gasteiger partial charge is 2.00 e. The van der Waals surface area contributed by atoms with Gasteiger partial charge < -0.3 is 4.79 Å². The molecule has 0 heterocycles. The first-order valence-corrected chi connectivity index (χ1v) is 4.61. The van der Waals surface area contributed by atoms with Crippen LogP contribution in [0, 0.1) is 6.92 Å². The molecule has 1 nitrogen and oxygen atoms in total. The molecule has 2 heteroatoms. The molecule has 0 aliphatic rings. The molecule has 0 N–H and O–H groups in total. The first kappa shape index (κ1) is 14.0. The Labute approximate surface area is 104 Å². The van der Waals surface area contributed by atoms with Gasteiger partial charge in [-0.2, -0.15) is 29.8 Å². The van der Waals surface area contributed by atoms with Gasteiger partial charge in [0.2, 0.25) is 0 Å². The van der Waals surface area contributed by atoms with Crippen molar-refractivity contribution < 1.29 is 24.3 Å². The second kappa shape index (κ2) is 7.31. The summed E-state index contributed by atoms with van der Waals surface area (Å²) in [6.07, 6.45) is 0. The fourth-order valence-corrected chi connectivity index (χ4v) is 1.23. The number of hydrogen-bond acceptors (Lipinski definition) is 1. The van der Waals surface area contributed by atoms with Gasteiger partial charge in [-0.05, 0) is 6.92 Å². The van der Waals surface area contributed by atoms with Crippen molar-refractivity contribution in [3.8, 4) is 0 Å².